The van der Waals surface area contributed by atoms with Gasteiger partial charge < -0.3 is 0 Å². The maximum atomic E-state index is 4.74. The van der Waals surface area contributed by atoms with Crippen molar-refractivity contribution in [2.24, 2.45) is 0 Å². The highest BCUT2D eigenvalue weighted by molar-refractivity contribution is 7.21. The lowest BCUT2D eigenvalue weighted by molar-refractivity contribution is 0.734. The van der Waals surface area contributed by atoms with Gasteiger partial charge >= 0.3 is 0 Å². The van der Waals surface area contributed by atoms with Crippen molar-refractivity contribution < 1.29 is 0 Å². The Bertz CT molecular complexity index is 906. The molecule has 0 atom stereocenters. The average molecular weight is 343 g/mol. The standard InChI is InChI=1S/C23H21NS/c1-2-8-18(9-3-1)10-4-5-11-19-14-16-20(17-15-19)23-24-21-12-6-7-13-22(21)25-23/h1-3,6-9,12-17H,4-5,10-11H2. The fraction of sp³-hybridized carbons (Fsp3) is 0.174. The van der Waals surface area contributed by atoms with Crippen molar-refractivity contribution in [3.63, 3.8) is 0 Å². The molecular formula is C23H21NS. The van der Waals surface area contributed by atoms with E-state index in [2.05, 4.69) is 72.8 Å². The summed E-state index contributed by atoms with van der Waals surface area (Å²) in [5.41, 5.74) is 5.16. The van der Waals surface area contributed by atoms with Gasteiger partial charge in [0.25, 0.3) is 0 Å². The highest BCUT2D eigenvalue weighted by Gasteiger charge is 2.05. The predicted molar refractivity (Wildman–Crippen MR) is 108 cm³/mol. The van der Waals surface area contributed by atoms with E-state index in [9.17, 15) is 0 Å². The number of hydrogen-bond donors (Lipinski definition) is 0. The summed E-state index contributed by atoms with van der Waals surface area (Å²) < 4.78 is 1.25. The fourth-order valence-electron chi connectivity index (χ4n) is 3.11. The smallest absolute Gasteiger partial charge is 0.124 e. The van der Waals surface area contributed by atoms with E-state index in [1.54, 1.807) is 11.3 Å². The zero-order valence-electron chi connectivity index (χ0n) is 14.2. The molecule has 1 heterocycles. The number of para-hydroxylation sites is 1. The molecular weight excluding hydrogens is 322 g/mol. The van der Waals surface area contributed by atoms with Crippen LogP contribution < -0.4 is 0 Å². The number of aromatic nitrogens is 1. The summed E-state index contributed by atoms with van der Waals surface area (Å²) in [5, 5.41) is 1.11. The average Bonchev–Trinajstić information content (AvgIpc) is 3.11. The summed E-state index contributed by atoms with van der Waals surface area (Å²) in [7, 11) is 0. The maximum absolute atomic E-state index is 4.74. The van der Waals surface area contributed by atoms with Gasteiger partial charge in [0, 0.05) is 5.56 Å². The van der Waals surface area contributed by atoms with Crippen molar-refractivity contribution in [1.29, 1.82) is 0 Å². The Balaban J connectivity index is 1.35. The summed E-state index contributed by atoms with van der Waals surface area (Å²) >= 11 is 1.76. The first-order valence-corrected chi connectivity index (χ1v) is 9.69. The topological polar surface area (TPSA) is 12.9 Å². The Morgan fingerprint density at radius 2 is 1.28 bits per heavy atom. The lowest BCUT2D eigenvalue weighted by Crippen LogP contribution is -1.89. The van der Waals surface area contributed by atoms with E-state index in [0.717, 1.165) is 16.9 Å². The van der Waals surface area contributed by atoms with Crippen LogP contribution in [0.1, 0.15) is 24.0 Å². The van der Waals surface area contributed by atoms with Gasteiger partial charge in [-0.05, 0) is 48.9 Å². The SMILES string of the molecule is c1ccc(CCCCc2ccc(-c3nc4ccccc4s3)cc2)cc1. The van der Waals surface area contributed by atoms with Crippen LogP contribution in [0, 0.1) is 0 Å². The molecule has 0 amide bonds. The largest absolute Gasteiger partial charge is 0.236 e. The molecule has 0 bridgehead atoms. The molecule has 0 radical (unpaired) electrons. The third kappa shape index (κ3) is 3.97. The van der Waals surface area contributed by atoms with E-state index in [4.69, 9.17) is 4.98 Å². The number of nitrogens with zero attached hydrogens (tertiary/aromatic N) is 1. The Labute approximate surface area is 153 Å². The Kier molecular flexibility index (Phi) is 4.89. The van der Waals surface area contributed by atoms with Crippen LogP contribution in [0.15, 0.2) is 78.9 Å². The Morgan fingerprint density at radius 3 is 2.00 bits per heavy atom. The normalized spacial score (nSPS) is 11.0. The first-order valence-electron chi connectivity index (χ1n) is 8.87. The van der Waals surface area contributed by atoms with Gasteiger partial charge in [0.05, 0.1) is 10.2 Å². The maximum Gasteiger partial charge on any atom is 0.124 e. The van der Waals surface area contributed by atoms with Gasteiger partial charge in [-0.15, -0.1) is 11.3 Å². The molecule has 4 rings (SSSR count). The summed E-state index contributed by atoms with van der Waals surface area (Å²) in [6, 6.07) is 28.0. The van der Waals surface area contributed by atoms with Crippen LogP contribution >= 0.6 is 11.3 Å². The van der Waals surface area contributed by atoms with Gasteiger partial charge in [0.2, 0.25) is 0 Å². The van der Waals surface area contributed by atoms with E-state index in [-0.39, 0.29) is 0 Å². The fourth-order valence-corrected chi connectivity index (χ4v) is 4.08. The highest BCUT2D eigenvalue weighted by atomic mass is 32.1. The number of unbranched alkanes of at least 4 members (excludes halogenated alkanes) is 1. The molecule has 0 aliphatic carbocycles. The zero-order chi connectivity index (χ0) is 16.9. The second-order valence-corrected chi connectivity index (χ2v) is 7.41. The lowest BCUT2D eigenvalue weighted by Gasteiger charge is -2.04. The van der Waals surface area contributed by atoms with Gasteiger partial charge in [-0.1, -0.05) is 66.7 Å². The summed E-state index contributed by atoms with van der Waals surface area (Å²) in [5.74, 6) is 0. The summed E-state index contributed by atoms with van der Waals surface area (Å²) in [6.45, 7) is 0. The molecule has 3 aromatic carbocycles. The summed E-state index contributed by atoms with van der Waals surface area (Å²) in [6.07, 6.45) is 4.79. The van der Waals surface area contributed by atoms with Gasteiger partial charge in [-0.3, -0.25) is 0 Å². The first kappa shape index (κ1) is 16.0. The molecule has 0 aliphatic heterocycles. The van der Waals surface area contributed by atoms with Crippen molar-refractivity contribution in [3.8, 4) is 10.6 Å². The molecule has 1 nitrogen and oxygen atoms in total. The molecule has 0 saturated carbocycles. The van der Waals surface area contributed by atoms with Gasteiger partial charge in [-0.25, -0.2) is 4.98 Å². The monoisotopic (exact) mass is 343 g/mol. The minimum atomic E-state index is 1.09. The van der Waals surface area contributed by atoms with Gasteiger partial charge in [-0.2, -0.15) is 0 Å². The van der Waals surface area contributed by atoms with Crippen LogP contribution in [0.25, 0.3) is 20.8 Å². The van der Waals surface area contributed by atoms with Crippen LogP contribution in [-0.2, 0) is 12.8 Å². The molecule has 124 valence electrons. The summed E-state index contributed by atoms with van der Waals surface area (Å²) in [4.78, 5) is 4.74. The van der Waals surface area contributed by atoms with Gasteiger partial charge in [0.15, 0.2) is 0 Å². The van der Waals surface area contributed by atoms with Crippen LogP contribution in [0.5, 0.6) is 0 Å². The van der Waals surface area contributed by atoms with Crippen molar-refractivity contribution in [1.82, 2.24) is 4.98 Å². The molecule has 0 spiro atoms. The van der Waals surface area contributed by atoms with E-state index < -0.39 is 0 Å². The lowest BCUT2D eigenvalue weighted by atomic mass is 10.0. The molecule has 0 aliphatic rings. The number of hydrogen-bond acceptors (Lipinski definition) is 2. The van der Waals surface area contributed by atoms with E-state index in [1.165, 1.54) is 40.7 Å². The molecule has 0 fully saturated rings. The van der Waals surface area contributed by atoms with Crippen molar-refractivity contribution >= 4 is 21.6 Å². The Morgan fingerprint density at radius 1 is 0.640 bits per heavy atom. The Hall–Kier alpha value is -2.45. The van der Waals surface area contributed by atoms with Gasteiger partial charge in [0.1, 0.15) is 5.01 Å². The van der Waals surface area contributed by atoms with E-state index in [1.807, 2.05) is 6.07 Å². The molecule has 2 heteroatoms. The molecule has 25 heavy (non-hydrogen) atoms. The molecule has 0 saturated heterocycles. The number of rotatable bonds is 6. The molecule has 4 aromatic rings. The van der Waals surface area contributed by atoms with Crippen LogP contribution in [0.4, 0.5) is 0 Å². The van der Waals surface area contributed by atoms with Crippen LogP contribution in [0.2, 0.25) is 0 Å². The van der Waals surface area contributed by atoms with E-state index in [0.29, 0.717) is 0 Å². The molecule has 0 N–H and O–H groups in total. The molecule has 0 unspecified atom stereocenters. The third-order valence-corrected chi connectivity index (χ3v) is 5.60. The minimum Gasteiger partial charge on any atom is -0.236 e. The molecule has 1 aromatic heterocycles. The van der Waals surface area contributed by atoms with Crippen molar-refractivity contribution in [3.05, 3.63) is 90.0 Å². The quantitative estimate of drug-likeness (QED) is 0.363. The third-order valence-electron chi connectivity index (χ3n) is 4.52. The number of aryl methyl sites for hydroxylation is 2. The second kappa shape index (κ2) is 7.62. The predicted octanol–water partition coefficient (Wildman–Crippen LogP) is 6.53. The zero-order valence-corrected chi connectivity index (χ0v) is 15.0. The number of thiazole rings is 1. The van der Waals surface area contributed by atoms with E-state index >= 15 is 0 Å². The minimum absolute atomic E-state index is 1.09. The first-order chi connectivity index (χ1) is 12.4. The van der Waals surface area contributed by atoms with Crippen LogP contribution in [0.3, 0.4) is 0 Å². The second-order valence-electron chi connectivity index (χ2n) is 6.38. The van der Waals surface area contributed by atoms with Crippen LogP contribution in [-0.4, -0.2) is 4.98 Å². The number of benzene rings is 3. The number of fused-ring (bicyclic) bond motifs is 1. The highest BCUT2D eigenvalue weighted by Crippen LogP contribution is 2.30. The van der Waals surface area contributed by atoms with Crippen molar-refractivity contribution in [2.45, 2.75) is 25.7 Å². The van der Waals surface area contributed by atoms with Crippen molar-refractivity contribution in [2.75, 3.05) is 0 Å².